The summed E-state index contributed by atoms with van der Waals surface area (Å²) < 4.78 is 0. The molecule has 1 aliphatic rings. The highest BCUT2D eigenvalue weighted by Gasteiger charge is 2.27. The third-order valence-corrected chi connectivity index (χ3v) is 4.39. The standard InChI is InChI=1S/C15H22ClN3O/c1-4-14-13(9-10(2)17-18-14)15(20)19-7-5-12(6-8-19)11(3)16/h9,11-12H,4-8H2,1-3H3. The number of alkyl halides is 1. The molecule has 1 atom stereocenters. The number of carbonyl (C=O) groups excluding carboxylic acids is 1. The largest absolute Gasteiger partial charge is 0.339 e. The Bertz CT molecular complexity index is 482. The molecule has 1 saturated heterocycles. The zero-order valence-corrected chi connectivity index (χ0v) is 13.2. The van der Waals surface area contributed by atoms with Crippen molar-refractivity contribution >= 4 is 17.5 Å². The van der Waals surface area contributed by atoms with Gasteiger partial charge in [-0.25, -0.2) is 0 Å². The predicted octanol–water partition coefficient (Wildman–Crippen LogP) is 2.83. The molecule has 5 heteroatoms. The van der Waals surface area contributed by atoms with Gasteiger partial charge in [-0.3, -0.25) is 4.79 Å². The number of likely N-dealkylation sites (tertiary alicyclic amines) is 1. The Morgan fingerprint density at radius 3 is 2.65 bits per heavy atom. The molecule has 1 aliphatic heterocycles. The van der Waals surface area contributed by atoms with Crippen molar-refractivity contribution in [2.45, 2.75) is 45.4 Å². The molecular formula is C15H22ClN3O. The molecule has 1 fully saturated rings. The smallest absolute Gasteiger partial charge is 0.255 e. The molecule has 4 nitrogen and oxygen atoms in total. The molecule has 0 radical (unpaired) electrons. The van der Waals surface area contributed by atoms with E-state index < -0.39 is 0 Å². The first-order chi connectivity index (χ1) is 9.52. The second-order valence-corrected chi connectivity index (χ2v) is 6.20. The van der Waals surface area contributed by atoms with Gasteiger partial charge in [-0.15, -0.1) is 11.6 Å². The number of aryl methyl sites for hydroxylation is 2. The van der Waals surface area contributed by atoms with E-state index in [2.05, 4.69) is 10.2 Å². The fourth-order valence-corrected chi connectivity index (χ4v) is 2.94. The molecule has 1 aromatic heterocycles. The van der Waals surface area contributed by atoms with E-state index in [-0.39, 0.29) is 11.3 Å². The van der Waals surface area contributed by atoms with E-state index in [0.29, 0.717) is 11.5 Å². The zero-order chi connectivity index (χ0) is 14.7. The molecule has 0 spiro atoms. The summed E-state index contributed by atoms with van der Waals surface area (Å²) in [5.41, 5.74) is 2.28. The van der Waals surface area contributed by atoms with E-state index in [9.17, 15) is 4.79 Å². The quantitative estimate of drug-likeness (QED) is 0.806. The summed E-state index contributed by atoms with van der Waals surface area (Å²) in [6.07, 6.45) is 2.69. The van der Waals surface area contributed by atoms with Crippen molar-refractivity contribution in [3.63, 3.8) is 0 Å². The third kappa shape index (κ3) is 3.29. The van der Waals surface area contributed by atoms with E-state index in [0.717, 1.165) is 43.7 Å². The van der Waals surface area contributed by atoms with Crippen LogP contribution in [-0.4, -0.2) is 39.5 Å². The normalized spacial score (nSPS) is 18.1. The van der Waals surface area contributed by atoms with E-state index in [4.69, 9.17) is 11.6 Å². The fraction of sp³-hybridized carbons (Fsp3) is 0.667. The summed E-state index contributed by atoms with van der Waals surface area (Å²) >= 11 is 6.15. The van der Waals surface area contributed by atoms with E-state index in [1.165, 1.54) is 0 Å². The van der Waals surface area contributed by atoms with Crippen LogP contribution in [0.1, 0.15) is 48.4 Å². The molecule has 20 heavy (non-hydrogen) atoms. The second kappa shape index (κ2) is 6.53. The number of nitrogens with zero attached hydrogens (tertiary/aromatic N) is 3. The van der Waals surface area contributed by atoms with Crippen molar-refractivity contribution in [1.29, 1.82) is 0 Å². The van der Waals surface area contributed by atoms with Gasteiger partial charge < -0.3 is 4.90 Å². The van der Waals surface area contributed by atoms with Gasteiger partial charge in [0.15, 0.2) is 0 Å². The van der Waals surface area contributed by atoms with Gasteiger partial charge in [-0.2, -0.15) is 10.2 Å². The Hall–Kier alpha value is -1.16. The van der Waals surface area contributed by atoms with Crippen LogP contribution in [0.3, 0.4) is 0 Å². The van der Waals surface area contributed by atoms with Crippen LogP contribution in [0, 0.1) is 12.8 Å². The monoisotopic (exact) mass is 295 g/mol. The molecule has 1 amide bonds. The Kier molecular flexibility index (Phi) is 4.97. The maximum Gasteiger partial charge on any atom is 0.255 e. The summed E-state index contributed by atoms with van der Waals surface area (Å²) in [7, 11) is 0. The lowest BCUT2D eigenvalue weighted by Crippen LogP contribution is -2.40. The van der Waals surface area contributed by atoms with Crippen LogP contribution >= 0.6 is 11.6 Å². The molecule has 0 aliphatic carbocycles. The molecule has 2 rings (SSSR count). The number of hydrogen-bond donors (Lipinski definition) is 0. The Morgan fingerprint density at radius 1 is 1.45 bits per heavy atom. The first-order valence-corrected chi connectivity index (χ1v) is 7.73. The lowest BCUT2D eigenvalue weighted by Gasteiger charge is -2.33. The van der Waals surface area contributed by atoms with Crippen LogP contribution in [0.4, 0.5) is 0 Å². The van der Waals surface area contributed by atoms with Crippen LogP contribution in [0.5, 0.6) is 0 Å². The first-order valence-electron chi connectivity index (χ1n) is 7.29. The Morgan fingerprint density at radius 2 is 2.10 bits per heavy atom. The highest BCUT2D eigenvalue weighted by atomic mass is 35.5. The SMILES string of the molecule is CCc1nnc(C)cc1C(=O)N1CCC(C(C)Cl)CC1. The summed E-state index contributed by atoms with van der Waals surface area (Å²) in [6.45, 7) is 7.47. The minimum atomic E-state index is 0.0838. The molecule has 110 valence electrons. The highest BCUT2D eigenvalue weighted by molar-refractivity contribution is 6.20. The summed E-state index contributed by atoms with van der Waals surface area (Å²) in [6, 6.07) is 1.85. The topological polar surface area (TPSA) is 46.1 Å². The van der Waals surface area contributed by atoms with Crippen LogP contribution in [0.15, 0.2) is 6.07 Å². The van der Waals surface area contributed by atoms with Crippen molar-refractivity contribution in [1.82, 2.24) is 15.1 Å². The van der Waals surface area contributed by atoms with Gasteiger partial charge in [-0.05, 0) is 45.1 Å². The zero-order valence-electron chi connectivity index (χ0n) is 12.4. The van der Waals surface area contributed by atoms with Crippen molar-refractivity contribution in [2.24, 2.45) is 5.92 Å². The molecule has 2 heterocycles. The number of piperidine rings is 1. The van der Waals surface area contributed by atoms with Gasteiger partial charge in [0.1, 0.15) is 0 Å². The van der Waals surface area contributed by atoms with E-state index in [1.54, 1.807) is 0 Å². The van der Waals surface area contributed by atoms with E-state index in [1.807, 2.05) is 31.7 Å². The molecule has 0 N–H and O–H groups in total. The number of amides is 1. The van der Waals surface area contributed by atoms with Gasteiger partial charge in [0.25, 0.3) is 5.91 Å². The fourth-order valence-electron chi connectivity index (χ4n) is 2.69. The second-order valence-electron chi connectivity index (χ2n) is 5.51. The van der Waals surface area contributed by atoms with Crippen LogP contribution < -0.4 is 0 Å². The Labute approximate surface area is 125 Å². The molecule has 1 unspecified atom stereocenters. The lowest BCUT2D eigenvalue weighted by molar-refractivity contribution is 0.0688. The van der Waals surface area contributed by atoms with Crippen molar-refractivity contribution in [3.8, 4) is 0 Å². The number of hydrogen-bond acceptors (Lipinski definition) is 3. The first kappa shape index (κ1) is 15.2. The van der Waals surface area contributed by atoms with Gasteiger partial charge >= 0.3 is 0 Å². The van der Waals surface area contributed by atoms with Gasteiger partial charge in [0.2, 0.25) is 0 Å². The minimum absolute atomic E-state index is 0.0838. The summed E-state index contributed by atoms with van der Waals surface area (Å²) in [5.74, 6) is 0.601. The van der Waals surface area contributed by atoms with Crippen molar-refractivity contribution in [2.75, 3.05) is 13.1 Å². The lowest BCUT2D eigenvalue weighted by atomic mass is 9.93. The predicted molar refractivity (Wildman–Crippen MR) is 80.1 cm³/mol. The van der Waals surface area contributed by atoms with E-state index >= 15 is 0 Å². The maximum absolute atomic E-state index is 12.6. The van der Waals surface area contributed by atoms with Crippen LogP contribution in [-0.2, 0) is 6.42 Å². The number of carbonyl (C=O) groups is 1. The van der Waals surface area contributed by atoms with Crippen molar-refractivity contribution < 1.29 is 4.79 Å². The molecule has 0 aromatic carbocycles. The number of rotatable bonds is 3. The number of aromatic nitrogens is 2. The highest BCUT2D eigenvalue weighted by Crippen LogP contribution is 2.25. The van der Waals surface area contributed by atoms with Crippen LogP contribution in [0.2, 0.25) is 0 Å². The Balaban J connectivity index is 2.11. The molecule has 0 bridgehead atoms. The number of halogens is 1. The van der Waals surface area contributed by atoms with Crippen LogP contribution in [0.25, 0.3) is 0 Å². The summed E-state index contributed by atoms with van der Waals surface area (Å²) in [5, 5.41) is 8.36. The average molecular weight is 296 g/mol. The van der Waals surface area contributed by atoms with Crippen molar-refractivity contribution in [3.05, 3.63) is 23.0 Å². The maximum atomic E-state index is 12.6. The minimum Gasteiger partial charge on any atom is -0.339 e. The molecule has 1 aromatic rings. The molecule has 0 saturated carbocycles. The average Bonchev–Trinajstić information content (AvgIpc) is 2.46. The summed E-state index contributed by atoms with van der Waals surface area (Å²) in [4.78, 5) is 14.6. The van der Waals surface area contributed by atoms with Gasteiger partial charge in [-0.1, -0.05) is 6.92 Å². The molecular weight excluding hydrogens is 274 g/mol. The van der Waals surface area contributed by atoms with Gasteiger partial charge in [0, 0.05) is 18.5 Å². The van der Waals surface area contributed by atoms with Gasteiger partial charge in [0.05, 0.1) is 17.0 Å². The third-order valence-electron chi connectivity index (χ3n) is 4.03.